The zero-order valence-corrected chi connectivity index (χ0v) is 22.2. The molecule has 0 aromatic heterocycles. The molecule has 0 N–H and O–H groups in total. The van der Waals surface area contributed by atoms with Crippen LogP contribution in [0.15, 0.2) is 0 Å². The van der Waals surface area contributed by atoms with Crippen LogP contribution < -0.4 is 0 Å². The molecule has 0 saturated carbocycles. The smallest absolute Gasteiger partial charge is 0.167 e. The number of hydrogen-bond donors (Lipinski definition) is 0. The molecule has 0 spiro atoms. The van der Waals surface area contributed by atoms with Gasteiger partial charge in [-0.25, -0.2) is 0 Å². The predicted octanol–water partition coefficient (Wildman–Crippen LogP) is 5.05. The van der Waals surface area contributed by atoms with Gasteiger partial charge in [0.25, 0.3) is 0 Å². The lowest BCUT2D eigenvalue weighted by atomic mass is 9.99. The van der Waals surface area contributed by atoms with E-state index < -0.39 is 19.5 Å². The van der Waals surface area contributed by atoms with E-state index >= 15 is 0 Å². The average Bonchev–Trinajstić information content (AvgIpc) is 2.47. The van der Waals surface area contributed by atoms with Crippen molar-refractivity contribution in [3.8, 4) is 0 Å². The molecule has 2 atom stereocenters. The lowest BCUT2D eigenvalue weighted by Gasteiger charge is -2.30. The van der Waals surface area contributed by atoms with Gasteiger partial charge < -0.3 is 8.85 Å². The summed E-state index contributed by atoms with van der Waals surface area (Å²) in [5, 5.41) is 0.782. The average molecular weight is 411 g/mol. The van der Waals surface area contributed by atoms with E-state index in [-0.39, 0.29) is 0 Å². The van der Waals surface area contributed by atoms with Gasteiger partial charge in [0, 0.05) is 11.5 Å². The van der Waals surface area contributed by atoms with E-state index in [0.717, 1.165) is 11.5 Å². The highest BCUT2D eigenvalue weighted by atomic mass is 33.1. The third-order valence-electron chi connectivity index (χ3n) is 5.29. The van der Waals surface area contributed by atoms with E-state index in [1.807, 2.05) is 21.6 Å². The predicted molar refractivity (Wildman–Crippen MR) is 121 cm³/mol. The van der Waals surface area contributed by atoms with E-state index in [9.17, 15) is 0 Å². The molecule has 6 heteroatoms. The van der Waals surface area contributed by atoms with Crippen LogP contribution in [0, 0.1) is 11.8 Å². The van der Waals surface area contributed by atoms with Gasteiger partial charge in [-0.3, -0.25) is 0 Å². The minimum Gasteiger partial charge on any atom is -0.420 e. The molecule has 0 aliphatic heterocycles. The minimum atomic E-state index is -0.479. The quantitative estimate of drug-likeness (QED) is 0.240. The Bertz CT molecular complexity index is 305. The highest BCUT2D eigenvalue weighted by Gasteiger charge is 2.25. The van der Waals surface area contributed by atoms with Crippen LogP contribution in [-0.2, 0) is 8.85 Å². The summed E-state index contributed by atoms with van der Waals surface area (Å²) in [6, 6.07) is 0. The van der Waals surface area contributed by atoms with Gasteiger partial charge >= 0.3 is 0 Å². The second kappa shape index (κ2) is 11.7. The van der Waals surface area contributed by atoms with Gasteiger partial charge in [-0.1, -0.05) is 77.0 Å². The molecule has 0 amide bonds. The van der Waals surface area contributed by atoms with Gasteiger partial charge in [-0.15, -0.1) is 0 Å². The zero-order chi connectivity index (χ0) is 19.0. The van der Waals surface area contributed by atoms with Crippen LogP contribution >= 0.6 is 21.6 Å². The Labute approximate surface area is 164 Å². The van der Waals surface area contributed by atoms with Crippen molar-refractivity contribution >= 4 is 41.1 Å². The Morgan fingerprint density at radius 1 is 0.667 bits per heavy atom. The van der Waals surface area contributed by atoms with Gasteiger partial charge in [0.2, 0.25) is 0 Å². The third kappa shape index (κ3) is 10.9. The van der Waals surface area contributed by atoms with Crippen LogP contribution in [0.4, 0.5) is 0 Å². The topological polar surface area (TPSA) is 18.5 Å². The van der Waals surface area contributed by atoms with Gasteiger partial charge in [-0.2, -0.15) is 0 Å². The summed E-state index contributed by atoms with van der Waals surface area (Å²) < 4.78 is 12.3. The maximum atomic E-state index is 6.17. The first-order valence-corrected chi connectivity index (χ1v) is 14.4. The Morgan fingerprint density at radius 3 is 1.21 bits per heavy atom. The standard InChI is InChI=1S/C18H42O2S2Si2/c1-13(2)17(7,8)23-19-15(5)11-21-22-12-16(6)20-24-18(9,10)14(3)4/h13-16H,11-12,23-24H2,1-10H3. The molecule has 146 valence electrons. The summed E-state index contributed by atoms with van der Waals surface area (Å²) >= 11 is 0. The largest absolute Gasteiger partial charge is 0.420 e. The van der Waals surface area contributed by atoms with Crippen LogP contribution in [0.3, 0.4) is 0 Å². The second-order valence-corrected chi connectivity index (χ2v) is 16.5. The Kier molecular flexibility index (Phi) is 12.2. The molecule has 0 rings (SSSR count). The first kappa shape index (κ1) is 25.1. The lowest BCUT2D eigenvalue weighted by Crippen LogP contribution is -2.26. The molecule has 0 saturated heterocycles. The molecule has 0 bridgehead atoms. The first-order chi connectivity index (χ1) is 10.9. The Hall–Kier alpha value is 1.05. The molecular weight excluding hydrogens is 369 g/mol. The molecule has 24 heavy (non-hydrogen) atoms. The van der Waals surface area contributed by atoms with Crippen LogP contribution in [0.5, 0.6) is 0 Å². The van der Waals surface area contributed by atoms with Crippen molar-refractivity contribution in [2.24, 2.45) is 11.8 Å². The normalized spacial score (nSPS) is 17.0. The zero-order valence-electron chi connectivity index (χ0n) is 17.8. The summed E-state index contributed by atoms with van der Waals surface area (Å²) in [4.78, 5) is 0. The van der Waals surface area contributed by atoms with Gasteiger partial charge in [0.1, 0.15) is 0 Å². The molecule has 0 aromatic carbocycles. The van der Waals surface area contributed by atoms with Crippen molar-refractivity contribution in [2.75, 3.05) is 11.5 Å². The number of hydrogen-bond acceptors (Lipinski definition) is 4. The van der Waals surface area contributed by atoms with Gasteiger partial charge in [-0.05, 0) is 35.8 Å². The van der Waals surface area contributed by atoms with Crippen LogP contribution in [0.25, 0.3) is 0 Å². The van der Waals surface area contributed by atoms with E-state index in [1.54, 1.807) is 0 Å². The monoisotopic (exact) mass is 410 g/mol. The van der Waals surface area contributed by atoms with Crippen LogP contribution in [-0.4, -0.2) is 43.2 Å². The molecule has 0 fully saturated rings. The van der Waals surface area contributed by atoms with E-state index in [4.69, 9.17) is 8.85 Å². The SMILES string of the molecule is CC(CSSCC(C)O[SiH2]C(C)(C)C(C)C)O[SiH2]C(C)(C)C(C)C. The Balaban J connectivity index is 3.81. The van der Waals surface area contributed by atoms with E-state index in [2.05, 4.69) is 69.2 Å². The maximum Gasteiger partial charge on any atom is 0.167 e. The molecule has 0 aromatic rings. The molecule has 2 unspecified atom stereocenters. The number of rotatable bonds is 13. The van der Waals surface area contributed by atoms with Crippen molar-refractivity contribution in [1.82, 2.24) is 0 Å². The summed E-state index contributed by atoms with van der Waals surface area (Å²) in [7, 11) is 2.92. The fraction of sp³-hybridized carbons (Fsp3) is 1.00. The third-order valence-corrected chi connectivity index (χ3v) is 12.6. The highest BCUT2D eigenvalue weighted by molar-refractivity contribution is 8.76. The van der Waals surface area contributed by atoms with Gasteiger partial charge in [0.05, 0.1) is 12.2 Å². The minimum absolute atomic E-state index is 0.373. The molecule has 2 nitrogen and oxygen atoms in total. The summed E-state index contributed by atoms with van der Waals surface area (Å²) in [5.74, 6) is 3.56. The first-order valence-electron chi connectivity index (χ1n) is 9.36. The Morgan fingerprint density at radius 2 is 0.958 bits per heavy atom. The molecule has 0 heterocycles. The van der Waals surface area contributed by atoms with Crippen molar-refractivity contribution in [3.63, 3.8) is 0 Å². The van der Waals surface area contributed by atoms with Crippen LogP contribution in [0.1, 0.15) is 69.2 Å². The summed E-state index contributed by atoms with van der Waals surface area (Å²) in [6.45, 7) is 23.0. The lowest BCUT2D eigenvalue weighted by molar-refractivity contribution is 0.238. The molecule has 0 radical (unpaired) electrons. The van der Waals surface area contributed by atoms with Crippen molar-refractivity contribution in [2.45, 2.75) is 91.5 Å². The van der Waals surface area contributed by atoms with Crippen LogP contribution in [0.2, 0.25) is 10.1 Å². The highest BCUT2D eigenvalue weighted by Crippen LogP contribution is 2.34. The van der Waals surface area contributed by atoms with Crippen molar-refractivity contribution < 1.29 is 8.85 Å². The molecular formula is C18H42O2S2Si2. The van der Waals surface area contributed by atoms with Crippen molar-refractivity contribution in [1.29, 1.82) is 0 Å². The van der Waals surface area contributed by atoms with Crippen molar-refractivity contribution in [3.05, 3.63) is 0 Å². The fourth-order valence-corrected chi connectivity index (χ4v) is 6.60. The van der Waals surface area contributed by atoms with Gasteiger partial charge in [0.15, 0.2) is 19.5 Å². The summed E-state index contributed by atoms with van der Waals surface area (Å²) in [6.07, 6.45) is 0.746. The van der Waals surface area contributed by atoms with E-state index in [0.29, 0.717) is 34.1 Å². The van der Waals surface area contributed by atoms with E-state index in [1.165, 1.54) is 0 Å². The second-order valence-electron chi connectivity index (χ2n) is 9.10. The maximum absolute atomic E-state index is 6.17. The molecule has 0 aliphatic rings. The summed E-state index contributed by atoms with van der Waals surface area (Å²) in [5.41, 5.74) is 0. The fourth-order valence-electron chi connectivity index (χ4n) is 1.43. The molecule has 0 aliphatic carbocycles.